The highest BCUT2D eigenvalue weighted by Crippen LogP contribution is 2.47. The number of aryl methyl sites for hydroxylation is 1. The highest BCUT2D eigenvalue weighted by molar-refractivity contribution is 5.74. The molecule has 2 N–H and O–H groups in total. The summed E-state index contributed by atoms with van der Waals surface area (Å²) < 4.78 is 5.83. The fourth-order valence-corrected chi connectivity index (χ4v) is 3.70. The Morgan fingerprint density at radius 1 is 1.19 bits per heavy atom. The van der Waals surface area contributed by atoms with E-state index >= 15 is 0 Å². The average molecular weight is 345 g/mol. The zero-order valence-electron chi connectivity index (χ0n) is 13.8. The van der Waals surface area contributed by atoms with Gasteiger partial charge in [0.05, 0.1) is 4.92 Å². The first-order valence-electron chi connectivity index (χ1n) is 8.23. The summed E-state index contributed by atoms with van der Waals surface area (Å²) in [6.45, 7) is 0. The van der Waals surface area contributed by atoms with Crippen molar-refractivity contribution in [2.24, 2.45) is 5.73 Å². The minimum Gasteiger partial charge on any atom is -0.440 e. The minimum absolute atomic E-state index is 0.0109. The number of rotatable bonds is 2. The van der Waals surface area contributed by atoms with Crippen molar-refractivity contribution in [3.05, 3.63) is 92.4 Å². The molecule has 4 rings (SSSR count). The van der Waals surface area contributed by atoms with E-state index in [9.17, 15) is 15.4 Å². The Bertz CT molecular complexity index is 1030. The zero-order chi connectivity index (χ0) is 18.3. The number of non-ortho nitro benzene ring substituents is 1. The number of hydrogen-bond donors (Lipinski definition) is 1. The third-order valence-corrected chi connectivity index (χ3v) is 4.87. The summed E-state index contributed by atoms with van der Waals surface area (Å²) in [5.74, 6) is 0.288. The Balaban J connectivity index is 1.92. The number of ether oxygens (including phenoxy) is 1. The van der Waals surface area contributed by atoms with E-state index in [1.165, 1.54) is 12.1 Å². The summed E-state index contributed by atoms with van der Waals surface area (Å²) in [6.07, 6.45) is 1.53. The van der Waals surface area contributed by atoms with Gasteiger partial charge in [-0.2, -0.15) is 5.26 Å². The Hall–Kier alpha value is -3.59. The summed E-state index contributed by atoms with van der Waals surface area (Å²) in [7, 11) is 0. The van der Waals surface area contributed by atoms with Gasteiger partial charge in [-0.15, -0.1) is 0 Å². The van der Waals surface area contributed by atoms with Gasteiger partial charge >= 0.3 is 0 Å². The lowest BCUT2D eigenvalue weighted by molar-refractivity contribution is -0.384. The van der Waals surface area contributed by atoms with Crippen molar-refractivity contribution in [3.63, 3.8) is 0 Å². The molecule has 1 aliphatic heterocycles. The highest BCUT2D eigenvalue weighted by atomic mass is 16.6. The standard InChI is InChI=1S/C20H15N3O3/c21-11-17-18(13-5-3-6-14(10-13)23(24)25)16-9-8-12-4-1-2-7-15(12)19(16)26-20(17)22/h1-7,10,18H,8-9,22H2. The molecule has 26 heavy (non-hydrogen) atoms. The fourth-order valence-electron chi connectivity index (χ4n) is 3.70. The molecule has 2 aromatic rings. The molecule has 1 aliphatic carbocycles. The van der Waals surface area contributed by atoms with E-state index in [1.807, 2.05) is 24.3 Å². The molecule has 128 valence electrons. The van der Waals surface area contributed by atoms with Crippen LogP contribution in [0.2, 0.25) is 0 Å². The normalized spacial score (nSPS) is 18.5. The molecule has 0 aromatic heterocycles. The second-order valence-electron chi connectivity index (χ2n) is 6.29. The number of benzene rings is 2. The van der Waals surface area contributed by atoms with Gasteiger partial charge in [0.2, 0.25) is 5.88 Å². The van der Waals surface area contributed by atoms with Crippen LogP contribution in [0.3, 0.4) is 0 Å². The van der Waals surface area contributed by atoms with Crippen LogP contribution < -0.4 is 5.73 Å². The second-order valence-corrected chi connectivity index (χ2v) is 6.29. The molecule has 1 unspecified atom stereocenters. The molecule has 1 heterocycles. The first-order valence-corrected chi connectivity index (χ1v) is 8.23. The van der Waals surface area contributed by atoms with E-state index in [-0.39, 0.29) is 11.6 Å². The lowest BCUT2D eigenvalue weighted by Crippen LogP contribution is -2.23. The van der Waals surface area contributed by atoms with E-state index in [4.69, 9.17) is 10.5 Å². The third-order valence-electron chi connectivity index (χ3n) is 4.87. The number of fused-ring (bicyclic) bond motifs is 2. The van der Waals surface area contributed by atoms with Crippen LogP contribution >= 0.6 is 0 Å². The zero-order valence-corrected chi connectivity index (χ0v) is 13.8. The van der Waals surface area contributed by atoms with Crippen LogP contribution in [0.25, 0.3) is 5.76 Å². The molecule has 6 nitrogen and oxygen atoms in total. The summed E-state index contributed by atoms with van der Waals surface area (Å²) in [5, 5.41) is 20.8. The maximum atomic E-state index is 11.2. The predicted molar refractivity (Wildman–Crippen MR) is 95.4 cm³/mol. The molecule has 6 heteroatoms. The van der Waals surface area contributed by atoms with Crippen LogP contribution in [-0.4, -0.2) is 4.92 Å². The van der Waals surface area contributed by atoms with Gasteiger partial charge in [0, 0.05) is 23.6 Å². The van der Waals surface area contributed by atoms with Crippen LogP contribution in [0.5, 0.6) is 0 Å². The number of hydrogen-bond acceptors (Lipinski definition) is 5. The number of nitro benzene ring substituents is 1. The Morgan fingerprint density at radius 2 is 2.00 bits per heavy atom. The average Bonchev–Trinajstić information content (AvgIpc) is 2.67. The SMILES string of the molecule is N#CC1=C(N)OC2=C(CCc3ccccc32)C1c1cccc([N+](=O)[O-])c1. The van der Waals surface area contributed by atoms with Crippen molar-refractivity contribution in [2.75, 3.05) is 0 Å². The van der Waals surface area contributed by atoms with Crippen molar-refractivity contribution >= 4 is 11.4 Å². The largest absolute Gasteiger partial charge is 0.440 e. The summed E-state index contributed by atoms with van der Waals surface area (Å²) in [4.78, 5) is 10.7. The highest BCUT2D eigenvalue weighted by Gasteiger charge is 2.36. The lowest BCUT2D eigenvalue weighted by atomic mass is 9.76. The first-order chi connectivity index (χ1) is 12.6. The molecule has 0 saturated heterocycles. The number of allylic oxidation sites excluding steroid dienone is 2. The van der Waals surface area contributed by atoms with Crippen LogP contribution in [0, 0.1) is 21.4 Å². The predicted octanol–water partition coefficient (Wildman–Crippen LogP) is 3.76. The van der Waals surface area contributed by atoms with E-state index < -0.39 is 10.8 Å². The molecular formula is C20H15N3O3. The lowest BCUT2D eigenvalue weighted by Gasteiger charge is -2.33. The topological polar surface area (TPSA) is 102 Å². The van der Waals surface area contributed by atoms with E-state index in [0.29, 0.717) is 23.3 Å². The maximum absolute atomic E-state index is 11.2. The van der Waals surface area contributed by atoms with E-state index in [0.717, 1.165) is 23.1 Å². The monoisotopic (exact) mass is 345 g/mol. The Kier molecular flexibility index (Phi) is 3.70. The van der Waals surface area contributed by atoms with Crippen LogP contribution in [-0.2, 0) is 11.2 Å². The number of nitrogens with zero attached hydrogens (tertiary/aromatic N) is 2. The molecule has 1 atom stereocenters. The maximum Gasteiger partial charge on any atom is 0.269 e. The molecule has 0 saturated carbocycles. The summed E-state index contributed by atoms with van der Waals surface area (Å²) in [5.41, 5.74) is 10.1. The van der Waals surface area contributed by atoms with Gasteiger partial charge in [0.1, 0.15) is 17.4 Å². The van der Waals surface area contributed by atoms with E-state index in [1.54, 1.807) is 12.1 Å². The molecule has 2 aliphatic rings. The Labute approximate surface area is 150 Å². The van der Waals surface area contributed by atoms with Crippen LogP contribution in [0.4, 0.5) is 5.69 Å². The fraction of sp³-hybridized carbons (Fsp3) is 0.150. The van der Waals surface area contributed by atoms with Crippen molar-refractivity contribution in [1.29, 1.82) is 5.26 Å². The molecular weight excluding hydrogens is 330 g/mol. The van der Waals surface area contributed by atoms with Crippen LogP contribution in [0.15, 0.2) is 65.6 Å². The van der Waals surface area contributed by atoms with Gasteiger partial charge in [0.15, 0.2) is 0 Å². The second kappa shape index (κ2) is 6.05. The van der Waals surface area contributed by atoms with Gasteiger partial charge in [-0.05, 0) is 29.5 Å². The van der Waals surface area contributed by atoms with Gasteiger partial charge < -0.3 is 10.5 Å². The van der Waals surface area contributed by atoms with Gasteiger partial charge in [-0.1, -0.05) is 36.4 Å². The quantitative estimate of drug-likeness (QED) is 0.659. The number of nitrogens with two attached hydrogens (primary N) is 1. The smallest absolute Gasteiger partial charge is 0.269 e. The first kappa shape index (κ1) is 15.9. The van der Waals surface area contributed by atoms with Crippen molar-refractivity contribution in [3.8, 4) is 6.07 Å². The molecule has 0 radical (unpaired) electrons. The molecule has 0 bridgehead atoms. The Morgan fingerprint density at radius 3 is 2.77 bits per heavy atom. The van der Waals surface area contributed by atoms with Gasteiger partial charge in [-0.25, -0.2) is 0 Å². The molecule has 2 aromatic carbocycles. The van der Waals surface area contributed by atoms with E-state index in [2.05, 4.69) is 6.07 Å². The summed E-state index contributed by atoms with van der Waals surface area (Å²) >= 11 is 0. The van der Waals surface area contributed by atoms with Crippen molar-refractivity contribution in [2.45, 2.75) is 18.8 Å². The summed E-state index contributed by atoms with van der Waals surface area (Å²) in [6, 6.07) is 16.4. The van der Waals surface area contributed by atoms with Crippen molar-refractivity contribution in [1.82, 2.24) is 0 Å². The minimum atomic E-state index is -0.437. The third kappa shape index (κ3) is 2.42. The van der Waals surface area contributed by atoms with Gasteiger partial charge in [0.25, 0.3) is 5.69 Å². The van der Waals surface area contributed by atoms with Gasteiger partial charge in [-0.3, -0.25) is 10.1 Å². The van der Waals surface area contributed by atoms with Crippen molar-refractivity contribution < 1.29 is 9.66 Å². The van der Waals surface area contributed by atoms with Crippen LogP contribution in [0.1, 0.15) is 29.0 Å². The molecule has 0 fully saturated rings. The number of nitriles is 1. The number of nitro groups is 1. The molecule has 0 spiro atoms. The molecule has 0 amide bonds.